The Morgan fingerprint density at radius 3 is 2.66 bits per heavy atom. The molecule has 2 atom stereocenters. The monoisotopic (exact) mass is 411 g/mol. The lowest BCUT2D eigenvalue weighted by atomic mass is 9.81. The summed E-state index contributed by atoms with van der Waals surface area (Å²) in [7, 11) is 0. The fourth-order valence-electron chi connectivity index (χ4n) is 5.66. The summed E-state index contributed by atoms with van der Waals surface area (Å²) in [5.41, 5.74) is 1.40. The number of carbonyl (C=O) groups excluding carboxylic acids is 1. The van der Waals surface area contributed by atoms with Crippen LogP contribution in [0.4, 0.5) is 5.69 Å². The van der Waals surface area contributed by atoms with E-state index in [9.17, 15) is 4.79 Å². The van der Waals surface area contributed by atoms with Crippen LogP contribution < -0.4 is 4.90 Å². The van der Waals surface area contributed by atoms with Crippen molar-refractivity contribution in [3.8, 4) is 0 Å². The predicted molar refractivity (Wildman–Crippen MR) is 122 cm³/mol. The van der Waals surface area contributed by atoms with Gasteiger partial charge in [-0.1, -0.05) is 18.9 Å². The van der Waals surface area contributed by atoms with Crippen molar-refractivity contribution in [1.29, 1.82) is 0 Å². The van der Waals surface area contributed by atoms with Crippen LogP contribution in [-0.2, 0) is 4.79 Å². The molecule has 1 amide bonds. The van der Waals surface area contributed by atoms with Gasteiger partial charge in [-0.3, -0.25) is 9.69 Å². The van der Waals surface area contributed by atoms with Crippen LogP contribution in [0.2, 0.25) is 0 Å². The van der Waals surface area contributed by atoms with Gasteiger partial charge in [-0.25, -0.2) is 0 Å². The van der Waals surface area contributed by atoms with E-state index < -0.39 is 0 Å². The third kappa shape index (κ3) is 4.04. The topological polar surface area (TPSA) is 26.8 Å². The lowest BCUT2D eigenvalue weighted by Crippen LogP contribution is -2.46. The molecule has 5 heteroatoms. The largest absolute Gasteiger partial charge is 0.368 e. The zero-order valence-corrected chi connectivity index (χ0v) is 18.2. The molecule has 1 aromatic heterocycles. The molecule has 1 saturated carbocycles. The summed E-state index contributed by atoms with van der Waals surface area (Å²) in [6.07, 6.45) is 7.36. The molecule has 4 nitrogen and oxygen atoms in total. The number of thiophene rings is 1. The molecule has 0 unspecified atom stereocenters. The first-order valence-corrected chi connectivity index (χ1v) is 12.4. The van der Waals surface area contributed by atoms with Crippen molar-refractivity contribution in [1.82, 2.24) is 9.80 Å². The Labute approximate surface area is 178 Å². The number of anilines is 1. The molecule has 0 spiro atoms. The van der Waals surface area contributed by atoms with E-state index in [0.29, 0.717) is 17.7 Å². The Kier molecular flexibility index (Phi) is 5.78. The van der Waals surface area contributed by atoms with Gasteiger partial charge in [-0.2, -0.15) is 0 Å². The van der Waals surface area contributed by atoms with Crippen LogP contribution in [0.3, 0.4) is 0 Å². The molecule has 2 aromatic rings. The van der Waals surface area contributed by atoms with Crippen LogP contribution in [0.15, 0.2) is 29.6 Å². The zero-order chi connectivity index (χ0) is 19.6. The highest BCUT2D eigenvalue weighted by Gasteiger charge is 2.40. The van der Waals surface area contributed by atoms with E-state index >= 15 is 0 Å². The maximum Gasteiger partial charge on any atom is 0.226 e. The molecule has 5 rings (SSSR count). The fourth-order valence-corrected chi connectivity index (χ4v) is 6.47. The second-order valence-corrected chi connectivity index (χ2v) is 10.0. The van der Waals surface area contributed by atoms with Gasteiger partial charge in [0.2, 0.25) is 5.91 Å². The lowest BCUT2D eigenvalue weighted by molar-refractivity contribution is -0.131. The number of carbonyl (C=O) groups is 1. The molecule has 156 valence electrons. The van der Waals surface area contributed by atoms with Crippen LogP contribution in [0.25, 0.3) is 10.1 Å². The smallest absolute Gasteiger partial charge is 0.226 e. The van der Waals surface area contributed by atoms with Gasteiger partial charge in [0, 0.05) is 61.0 Å². The number of fused-ring (bicyclic) bond motifs is 2. The average Bonchev–Trinajstić information content (AvgIpc) is 3.37. The molecule has 2 saturated heterocycles. The standard InChI is InChI=1S/C24H33N3OS/c28-24-20-7-2-1-6-19(20)18-27(24)12-4-3-11-25-13-15-26(16-14-25)22-8-5-9-23-21(22)10-17-29-23/h5,8-10,17,19-20H,1-4,6-7,11-16,18H2/t19-,20-/m1/s1. The minimum absolute atomic E-state index is 0.365. The Hall–Kier alpha value is -1.59. The molecule has 2 aliphatic heterocycles. The van der Waals surface area contributed by atoms with Crippen LogP contribution in [0.1, 0.15) is 38.5 Å². The molecular formula is C24H33N3OS. The lowest BCUT2D eigenvalue weighted by Gasteiger charge is -2.36. The maximum atomic E-state index is 12.6. The number of benzene rings is 1. The van der Waals surface area contributed by atoms with E-state index in [2.05, 4.69) is 44.3 Å². The summed E-state index contributed by atoms with van der Waals surface area (Å²) in [4.78, 5) is 19.9. The highest BCUT2D eigenvalue weighted by Crippen LogP contribution is 2.37. The number of piperazine rings is 1. The highest BCUT2D eigenvalue weighted by molar-refractivity contribution is 7.17. The molecular weight excluding hydrogens is 378 g/mol. The molecule has 1 aromatic carbocycles. The number of amides is 1. The van der Waals surface area contributed by atoms with Crippen molar-refractivity contribution in [3.05, 3.63) is 29.6 Å². The molecule has 29 heavy (non-hydrogen) atoms. The number of hydrogen-bond donors (Lipinski definition) is 0. The maximum absolute atomic E-state index is 12.6. The predicted octanol–water partition coefficient (Wildman–Crippen LogP) is 4.45. The highest BCUT2D eigenvalue weighted by atomic mass is 32.1. The summed E-state index contributed by atoms with van der Waals surface area (Å²) in [6.45, 7) is 7.71. The average molecular weight is 412 g/mol. The first-order valence-electron chi connectivity index (χ1n) is 11.5. The first-order chi connectivity index (χ1) is 14.3. The van der Waals surface area contributed by atoms with E-state index in [1.54, 1.807) is 0 Å². The van der Waals surface area contributed by atoms with Crippen molar-refractivity contribution in [2.45, 2.75) is 38.5 Å². The molecule has 0 radical (unpaired) electrons. The van der Waals surface area contributed by atoms with Gasteiger partial charge in [0.1, 0.15) is 0 Å². The second kappa shape index (κ2) is 8.65. The van der Waals surface area contributed by atoms with Crippen LogP contribution in [0.5, 0.6) is 0 Å². The third-order valence-corrected chi connectivity index (χ3v) is 8.21. The summed E-state index contributed by atoms with van der Waals surface area (Å²) < 4.78 is 1.39. The summed E-state index contributed by atoms with van der Waals surface area (Å²) in [5, 5.41) is 3.60. The van der Waals surface area contributed by atoms with Crippen LogP contribution in [-0.4, -0.2) is 61.5 Å². The van der Waals surface area contributed by atoms with Gasteiger partial charge in [0.25, 0.3) is 0 Å². The Morgan fingerprint density at radius 2 is 1.79 bits per heavy atom. The first kappa shape index (κ1) is 19.4. The normalized spacial score (nSPS) is 25.7. The second-order valence-electron chi connectivity index (χ2n) is 9.08. The summed E-state index contributed by atoms with van der Waals surface area (Å²) in [6, 6.07) is 8.95. The van der Waals surface area contributed by atoms with E-state index in [4.69, 9.17) is 0 Å². The van der Waals surface area contributed by atoms with Gasteiger partial charge >= 0.3 is 0 Å². The van der Waals surface area contributed by atoms with Crippen molar-refractivity contribution in [2.75, 3.05) is 50.7 Å². The summed E-state index contributed by atoms with van der Waals surface area (Å²) >= 11 is 1.83. The van der Waals surface area contributed by atoms with Gasteiger partial charge in [0.05, 0.1) is 0 Å². The van der Waals surface area contributed by atoms with Crippen LogP contribution >= 0.6 is 11.3 Å². The Bertz CT molecular complexity index is 842. The van der Waals surface area contributed by atoms with E-state index in [1.807, 2.05) is 11.3 Å². The van der Waals surface area contributed by atoms with Crippen molar-refractivity contribution >= 4 is 33.0 Å². The Balaban J connectivity index is 1.05. The van der Waals surface area contributed by atoms with Gasteiger partial charge in [0.15, 0.2) is 0 Å². The van der Waals surface area contributed by atoms with E-state index in [1.165, 1.54) is 48.0 Å². The summed E-state index contributed by atoms with van der Waals surface area (Å²) in [5.74, 6) is 1.49. The number of likely N-dealkylation sites (tertiary alicyclic amines) is 1. The minimum Gasteiger partial charge on any atom is -0.368 e. The third-order valence-electron chi connectivity index (χ3n) is 7.33. The minimum atomic E-state index is 0.365. The number of rotatable bonds is 6. The Morgan fingerprint density at radius 1 is 0.966 bits per heavy atom. The van der Waals surface area contributed by atoms with Crippen molar-refractivity contribution < 1.29 is 4.79 Å². The van der Waals surface area contributed by atoms with Gasteiger partial charge < -0.3 is 9.80 Å². The molecule has 3 heterocycles. The number of unbranched alkanes of at least 4 members (excludes halogenated alkanes) is 1. The van der Waals surface area contributed by atoms with E-state index in [0.717, 1.165) is 52.1 Å². The molecule has 3 fully saturated rings. The van der Waals surface area contributed by atoms with Crippen molar-refractivity contribution in [2.24, 2.45) is 11.8 Å². The molecule has 3 aliphatic rings. The van der Waals surface area contributed by atoms with Gasteiger partial charge in [-0.15, -0.1) is 11.3 Å². The quantitative estimate of drug-likeness (QED) is 0.657. The molecule has 1 aliphatic carbocycles. The molecule has 0 N–H and O–H groups in total. The van der Waals surface area contributed by atoms with Crippen molar-refractivity contribution in [3.63, 3.8) is 0 Å². The van der Waals surface area contributed by atoms with Crippen LogP contribution in [0, 0.1) is 11.8 Å². The fraction of sp³-hybridized carbons (Fsp3) is 0.625. The molecule has 0 bridgehead atoms. The number of nitrogens with zero attached hydrogens (tertiary/aromatic N) is 3. The van der Waals surface area contributed by atoms with Gasteiger partial charge in [-0.05, 0) is 61.7 Å². The SMILES string of the molecule is O=C1[C@@H]2CCCC[C@@H]2CN1CCCCN1CCN(c2cccc3sccc23)CC1. The number of hydrogen-bond acceptors (Lipinski definition) is 4. The zero-order valence-electron chi connectivity index (χ0n) is 17.4. The van der Waals surface area contributed by atoms with E-state index in [-0.39, 0.29) is 0 Å².